The van der Waals surface area contributed by atoms with Gasteiger partial charge in [-0.05, 0) is 54.6 Å². The van der Waals surface area contributed by atoms with Crippen LogP contribution in [0.25, 0.3) is 0 Å². The molecule has 28 heavy (non-hydrogen) atoms. The highest BCUT2D eigenvalue weighted by Crippen LogP contribution is 2.32. The number of amides is 2. The maximum atomic E-state index is 12.2. The van der Waals surface area contributed by atoms with Crippen molar-refractivity contribution in [2.75, 3.05) is 17.7 Å². The number of carbonyl (C=O) groups is 1. The Bertz CT molecular complexity index is 1030. The third-order valence-electron chi connectivity index (χ3n) is 3.77. The normalized spacial score (nSPS) is 10.0. The summed E-state index contributed by atoms with van der Waals surface area (Å²) >= 11 is 7.51. The zero-order valence-electron chi connectivity index (χ0n) is 14.9. The van der Waals surface area contributed by atoms with Crippen LogP contribution in [0.4, 0.5) is 16.2 Å². The number of hydrogen-bond donors (Lipinski definition) is 2. The molecule has 0 heterocycles. The van der Waals surface area contributed by atoms with Crippen molar-refractivity contribution in [3.63, 3.8) is 0 Å². The summed E-state index contributed by atoms with van der Waals surface area (Å²) in [6.45, 7) is 0. The lowest BCUT2D eigenvalue weighted by Gasteiger charge is -2.11. The first-order valence-electron chi connectivity index (χ1n) is 8.27. The summed E-state index contributed by atoms with van der Waals surface area (Å²) in [5.74, 6) is 0.772. The number of methoxy groups -OCH3 is 1. The van der Waals surface area contributed by atoms with Gasteiger partial charge in [-0.1, -0.05) is 35.5 Å². The fraction of sp³-hybridized carbons (Fsp3) is 0.0476. The molecule has 2 N–H and O–H groups in total. The van der Waals surface area contributed by atoms with Gasteiger partial charge in [0.25, 0.3) is 0 Å². The third kappa shape index (κ3) is 4.97. The Kier molecular flexibility index (Phi) is 6.43. The van der Waals surface area contributed by atoms with Gasteiger partial charge in [-0.2, -0.15) is 5.26 Å². The number of rotatable bonds is 5. The van der Waals surface area contributed by atoms with Crippen molar-refractivity contribution in [3.05, 3.63) is 77.3 Å². The minimum absolute atomic E-state index is 0.437. The standard InChI is InChI=1S/C21H16ClN3O2S/c1-27-16-7-9-17(10-8-16)28-20-11-6-15(12-14(20)13-23)24-21(26)25-19-5-3-2-4-18(19)22/h2-12H,1H3,(H2,24,25,26). The van der Waals surface area contributed by atoms with E-state index in [1.165, 1.54) is 11.8 Å². The van der Waals surface area contributed by atoms with E-state index < -0.39 is 6.03 Å². The van der Waals surface area contributed by atoms with E-state index in [2.05, 4.69) is 16.7 Å². The van der Waals surface area contributed by atoms with Gasteiger partial charge in [0.2, 0.25) is 0 Å². The Balaban J connectivity index is 1.71. The van der Waals surface area contributed by atoms with Crippen LogP contribution in [0, 0.1) is 11.3 Å². The topological polar surface area (TPSA) is 74.2 Å². The van der Waals surface area contributed by atoms with Gasteiger partial charge in [-0.15, -0.1) is 0 Å². The average molecular weight is 410 g/mol. The molecule has 2 amide bonds. The first-order chi connectivity index (χ1) is 13.6. The van der Waals surface area contributed by atoms with Crippen LogP contribution < -0.4 is 15.4 Å². The Morgan fingerprint density at radius 3 is 2.50 bits per heavy atom. The van der Waals surface area contributed by atoms with Crippen molar-refractivity contribution in [1.82, 2.24) is 0 Å². The first-order valence-corrected chi connectivity index (χ1v) is 9.47. The zero-order chi connectivity index (χ0) is 19.9. The molecule has 5 nitrogen and oxygen atoms in total. The van der Waals surface area contributed by atoms with Gasteiger partial charge >= 0.3 is 6.03 Å². The molecular weight excluding hydrogens is 394 g/mol. The Hall–Kier alpha value is -3.14. The van der Waals surface area contributed by atoms with Crippen molar-refractivity contribution in [1.29, 1.82) is 5.26 Å². The van der Waals surface area contributed by atoms with Gasteiger partial charge < -0.3 is 15.4 Å². The van der Waals surface area contributed by atoms with Gasteiger partial charge in [-0.3, -0.25) is 0 Å². The highest BCUT2D eigenvalue weighted by Gasteiger charge is 2.09. The number of benzene rings is 3. The van der Waals surface area contributed by atoms with Gasteiger partial charge in [-0.25, -0.2) is 4.79 Å². The van der Waals surface area contributed by atoms with Crippen molar-refractivity contribution in [2.45, 2.75) is 9.79 Å². The molecule has 3 aromatic rings. The zero-order valence-corrected chi connectivity index (χ0v) is 16.5. The van der Waals surface area contributed by atoms with Crippen LogP contribution in [-0.2, 0) is 0 Å². The number of anilines is 2. The highest BCUT2D eigenvalue weighted by molar-refractivity contribution is 7.99. The van der Waals surface area contributed by atoms with Crippen LogP contribution in [0.3, 0.4) is 0 Å². The smallest absolute Gasteiger partial charge is 0.323 e. The summed E-state index contributed by atoms with van der Waals surface area (Å²) in [5.41, 5.74) is 1.49. The van der Waals surface area contributed by atoms with E-state index in [1.54, 1.807) is 49.6 Å². The predicted octanol–water partition coefficient (Wildman–Crippen LogP) is 6.02. The van der Waals surface area contributed by atoms with Crippen LogP contribution in [0.5, 0.6) is 5.75 Å². The Labute approximate surface area is 172 Å². The van der Waals surface area contributed by atoms with E-state index in [-0.39, 0.29) is 0 Å². The minimum atomic E-state index is -0.437. The van der Waals surface area contributed by atoms with Crippen LogP contribution in [0.2, 0.25) is 5.02 Å². The molecule has 0 fully saturated rings. The molecular formula is C21H16ClN3O2S. The van der Waals surface area contributed by atoms with Crippen molar-refractivity contribution < 1.29 is 9.53 Å². The molecule has 0 unspecified atom stereocenters. The van der Waals surface area contributed by atoms with Crippen LogP contribution in [0.15, 0.2) is 76.5 Å². The summed E-state index contributed by atoms with van der Waals surface area (Å²) in [5, 5.41) is 15.3. The molecule has 0 saturated carbocycles. The maximum Gasteiger partial charge on any atom is 0.323 e. The second kappa shape index (κ2) is 9.18. The van der Waals surface area contributed by atoms with E-state index in [1.807, 2.05) is 24.3 Å². The highest BCUT2D eigenvalue weighted by atomic mass is 35.5. The number of carbonyl (C=O) groups excluding carboxylic acids is 1. The minimum Gasteiger partial charge on any atom is -0.497 e. The molecule has 140 valence electrons. The molecule has 0 spiro atoms. The first kappa shape index (κ1) is 19.6. The summed E-state index contributed by atoms with van der Waals surface area (Å²) in [4.78, 5) is 14.0. The monoisotopic (exact) mass is 409 g/mol. The molecule has 0 radical (unpaired) electrons. The number of nitriles is 1. The maximum absolute atomic E-state index is 12.2. The number of para-hydroxylation sites is 1. The lowest BCUT2D eigenvalue weighted by Crippen LogP contribution is -2.19. The third-order valence-corrected chi connectivity index (χ3v) is 5.18. The summed E-state index contributed by atoms with van der Waals surface area (Å²) in [7, 11) is 1.61. The number of urea groups is 1. The average Bonchev–Trinajstić information content (AvgIpc) is 2.71. The number of hydrogen-bond acceptors (Lipinski definition) is 4. The second-order valence-corrected chi connectivity index (χ2v) is 7.18. The molecule has 3 rings (SSSR count). The van der Waals surface area contributed by atoms with E-state index in [0.29, 0.717) is 22.0 Å². The Morgan fingerprint density at radius 1 is 1.07 bits per heavy atom. The molecule has 0 aromatic heterocycles. The predicted molar refractivity (Wildman–Crippen MR) is 112 cm³/mol. The molecule has 0 aliphatic carbocycles. The molecule has 0 aliphatic heterocycles. The number of halogens is 1. The van der Waals surface area contributed by atoms with Crippen LogP contribution in [-0.4, -0.2) is 13.1 Å². The molecule has 0 atom stereocenters. The summed E-state index contributed by atoms with van der Waals surface area (Å²) in [6, 6.07) is 21.5. The number of nitrogens with one attached hydrogen (secondary N) is 2. The summed E-state index contributed by atoms with van der Waals surface area (Å²) < 4.78 is 5.15. The number of ether oxygens (including phenoxy) is 1. The molecule has 3 aromatic carbocycles. The quantitative estimate of drug-likeness (QED) is 0.540. The van der Waals surface area contributed by atoms with Crippen LogP contribution in [0.1, 0.15) is 5.56 Å². The van der Waals surface area contributed by atoms with E-state index in [0.717, 1.165) is 15.5 Å². The van der Waals surface area contributed by atoms with E-state index in [9.17, 15) is 10.1 Å². The molecule has 0 aliphatic rings. The van der Waals surface area contributed by atoms with Crippen LogP contribution >= 0.6 is 23.4 Å². The van der Waals surface area contributed by atoms with E-state index >= 15 is 0 Å². The van der Waals surface area contributed by atoms with Gasteiger partial charge in [0.05, 0.1) is 23.4 Å². The SMILES string of the molecule is COc1ccc(Sc2ccc(NC(=O)Nc3ccccc3Cl)cc2C#N)cc1. The fourth-order valence-electron chi connectivity index (χ4n) is 2.40. The molecule has 0 bridgehead atoms. The Morgan fingerprint density at radius 2 is 1.82 bits per heavy atom. The van der Waals surface area contributed by atoms with E-state index in [4.69, 9.17) is 16.3 Å². The van der Waals surface area contributed by atoms with Crippen molar-refractivity contribution in [2.24, 2.45) is 0 Å². The number of nitrogens with zero attached hydrogens (tertiary/aromatic N) is 1. The van der Waals surface area contributed by atoms with Gasteiger partial charge in [0.1, 0.15) is 11.8 Å². The van der Waals surface area contributed by atoms with Crippen molar-refractivity contribution in [3.8, 4) is 11.8 Å². The summed E-state index contributed by atoms with van der Waals surface area (Å²) in [6.07, 6.45) is 0. The van der Waals surface area contributed by atoms with Gasteiger partial charge in [0, 0.05) is 15.5 Å². The molecule has 0 saturated heterocycles. The van der Waals surface area contributed by atoms with Gasteiger partial charge in [0.15, 0.2) is 0 Å². The largest absolute Gasteiger partial charge is 0.497 e. The van der Waals surface area contributed by atoms with Crippen molar-refractivity contribution >= 4 is 40.8 Å². The lowest BCUT2D eigenvalue weighted by molar-refractivity contribution is 0.262. The lowest BCUT2D eigenvalue weighted by atomic mass is 10.2. The second-order valence-electron chi connectivity index (χ2n) is 5.66. The fourth-order valence-corrected chi connectivity index (χ4v) is 3.46. The molecule has 7 heteroatoms.